The fourth-order valence-corrected chi connectivity index (χ4v) is 0.968. The van der Waals surface area contributed by atoms with Crippen molar-refractivity contribution in [3.63, 3.8) is 0 Å². The van der Waals surface area contributed by atoms with Crippen LogP contribution in [-0.2, 0) is 6.67 Å². The van der Waals surface area contributed by atoms with Crippen LogP contribution in [0, 0.1) is 5.82 Å². The van der Waals surface area contributed by atoms with Crippen LogP contribution >= 0.6 is 0 Å². The van der Waals surface area contributed by atoms with Crippen molar-refractivity contribution in [2.45, 2.75) is 13.6 Å². The van der Waals surface area contributed by atoms with Crippen molar-refractivity contribution < 1.29 is 8.78 Å². The Kier molecular flexibility index (Phi) is 2.97. The second kappa shape index (κ2) is 4.00. The monoisotopic (exact) mass is 168 g/mol. The van der Waals surface area contributed by atoms with E-state index in [1.165, 1.54) is 6.07 Å². The lowest BCUT2D eigenvalue weighted by molar-refractivity contribution is 0.482. The normalized spacial score (nSPS) is 10.9. The molecule has 1 aromatic rings. The first-order chi connectivity index (χ1) is 5.77. The molecule has 0 saturated carbocycles. The molecule has 0 radical (unpaired) electrons. The topological polar surface area (TPSA) is 0 Å². The highest BCUT2D eigenvalue weighted by molar-refractivity contribution is 5.50. The Morgan fingerprint density at radius 2 is 2.17 bits per heavy atom. The van der Waals surface area contributed by atoms with Gasteiger partial charge in [0.1, 0.15) is 12.5 Å². The van der Waals surface area contributed by atoms with Crippen molar-refractivity contribution in [2.24, 2.45) is 0 Å². The van der Waals surface area contributed by atoms with E-state index in [1.54, 1.807) is 24.3 Å². The summed E-state index contributed by atoms with van der Waals surface area (Å²) in [6.07, 6.45) is 3.39. The van der Waals surface area contributed by atoms with Gasteiger partial charge in [-0.15, -0.1) is 0 Å². The van der Waals surface area contributed by atoms with Gasteiger partial charge in [0.25, 0.3) is 0 Å². The maximum atomic E-state index is 13.0. The molecule has 0 atom stereocenters. The van der Waals surface area contributed by atoms with Crippen LogP contribution in [0.25, 0.3) is 6.08 Å². The Hall–Kier alpha value is -1.18. The Bertz CT molecular complexity index is 290. The number of benzene rings is 1. The molecule has 0 aliphatic rings. The van der Waals surface area contributed by atoms with Crippen molar-refractivity contribution in [1.82, 2.24) is 0 Å². The molecule has 0 spiro atoms. The van der Waals surface area contributed by atoms with Crippen molar-refractivity contribution >= 4 is 6.08 Å². The molecule has 0 bridgehead atoms. The van der Waals surface area contributed by atoms with E-state index < -0.39 is 6.67 Å². The van der Waals surface area contributed by atoms with Crippen LogP contribution < -0.4 is 0 Å². The van der Waals surface area contributed by atoms with Crippen LogP contribution in [0.1, 0.15) is 18.1 Å². The van der Waals surface area contributed by atoms with Gasteiger partial charge in [-0.3, -0.25) is 0 Å². The SMILES string of the molecule is C/C=C/c1ccc(CF)cc1F. The van der Waals surface area contributed by atoms with Gasteiger partial charge >= 0.3 is 0 Å². The van der Waals surface area contributed by atoms with Crippen LogP contribution in [0.15, 0.2) is 24.3 Å². The average molecular weight is 168 g/mol. The van der Waals surface area contributed by atoms with Gasteiger partial charge in [0.05, 0.1) is 0 Å². The Labute approximate surface area is 70.5 Å². The molecule has 0 heterocycles. The molecule has 0 N–H and O–H groups in total. The predicted molar refractivity (Wildman–Crippen MR) is 45.9 cm³/mol. The van der Waals surface area contributed by atoms with Crippen molar-refractivity contribution in [3.05, 3.63) is 41.2 Å². The van der Waals surface area contributed by atoms with Gasteiger partial charge in [-0.25, -0.2) is 8.78 Å². The maximum absolute atomic E-state index is 13.0. The fourth-order valence-electron chi connectivity index (χ4n) is 0.968. The molecule has 2 heteroatoms. The number of rotatable bonds is 2. The molecular weight excluding hydrogens is 158 g/mol. The minimum Gasteiger partial charge on any atom is -0.246 e. The predicted octanol–water partition coefficient (Wildman–Crippen LogP) is 3.33. The number of hydrogen-bond donors (Lipinski definition) is 0. The summed E-state index contributed by atoms with van der Waals surface area (Å²) in [5.74, 6) is -0.372. The van der Waals surface area contributed by atoms with Gasteiger partial charge in [0.15, 0.2) is 0 Å². The first-order valence-corrected chi connectivity index (χ1v) is 3.75. The molecule has 0 saturated heterocycles. The van der Waals surface area contributed by atoms with Crippen LogP contribution in [-0.4, -0.2) is 0 Å². The third-order valence-electron chi connectivity index (χ3n) is 1.57. The quantitative estimate of drug-likeness (QED) is 0.635. The van der Waals surface area contributed by atoms with E-state index in [0.717, 1.165) is 0 Å². The van der Waals surface area contributed by atoms with Gasteiger partial charge in [-0.2, -0.15) is 0 Å². The lowest BCUT2D eigenvalue weighted by atomic mass is 10.1. The lowest BCUT2D eigenvalue weighted by Gasteiger charge is -1.98. The molecular formula is C10H10F2. The molecule has 0 aliphatic carbocycles. The fraction of sp³-hybridized carbons (Fsp3) is 0.200. The average Bonchev–Trinajstić information content (AvgIpc) is 2.09. The summed E-state index contributed by atoms with van der Waals surface area (Å²) >= 11 is 0. The zero-order chi connectivity index (χ0) is 8.97. The summed E-state index contributed by atoms with van der Waals surface area (Å²) < 4.78 is 25.0. The lowest BCUT2D eigenvalue weighted by Crippen LogP contribution is -1.85. The summed E-state index contributed by atoms with van der Waals surface area (Å²) in [7, 11) is 0. The largest absolute Gasteiger partial charge is 0.246 e. The third kappa shape index (κ3) is 1.91. The van der Waals surface area contributed by atoms with Crippen LogP contribution in [0.2, 0.25) is 0 Å². The summed E-state index contributed by atoms with van der Waals surface area (Å²) in [5.41, 5.74) is 0.871. The molecule has 0 aliphatic heterocycles. The van der Waals surface area contributed by atoms with Gasteiger partial charge < -0.3 is 0 Å². The van der Waals surface area contributed by atoms with E-state index in [2.05, 4.69) is 0 Å². The van der Waals surface area contributed by atoms with E-state index in [1.807, 2.05) is 6.92 Å². The minimum atomic E-state index is -0.618. The molecule has 0 nitrogen and oxygen atoms in total. The number of halogens is 2. The van der Waals surface area contributed by atoms with E-state index in [0.29, 0.717) is 11.1 Å². The van der Waals surface area contributed by atoms with Crippen molar-refractivity contribution in [1.29, 1.82) is 0 Å². The van der Waals surface area contributed by atoms with Crippen LogP contribution in [0.3, 0.4) is 0 Å². The standard InChI is InChI=1S/C10H10F2/c1-2-3-9-5-4-8(7-11)6-10(9)12/h2-6H,7H2,1H3/b3-2+. The van der Waals surface area contributed by atoms with Crippen molar-refractivity contribution in [2.75, 3.05) is 0 Å². The Morgan fingerprint density at radius 3 is 2.67 bits per heavy atom. The summed E-state index contributed by atoms with van der Waals surface area (Å²) in [6.45, 7) is 1.19. The molecule has 0 aromatic heterocycles. The summed E-state index contributed by atoms with van der Waals surface area (Å²) in [6, 6.07) is 4.37. The van der Waals surface area contributed by atoms with E-state index in [9.17, 15) is 8.78 Å². The zero-order valence-electron chi connectivity index (χ0n) is 6.85. The molecule has 12 heavy (non-hydrogen) atoms. The first kappa shape index (κ1) is 8.91. The number of allylic oxidation sites excluding steroid dienone is 1. The highest BCUT2D eigenvalue weighted by Crippen LogP contribution is 2.12. The van der Waals surface area contributed by atoms with E-state index >= 15 is 0 Å². The molecule has 64 valence electrons. The summed E-state index contributed by atoms with van der Waals surface area (Å²) in [5, 5.41) is 0. The van der Waals surface area contributed by atoms with Gasteiger partial charge in [-0.1, -0.05) is 24.3 Å². The van der Waals surface area contributed by atoms with Gasteiger partial charge in [0, 0.05) is 5.56 Å². The highest BCUT2D eigenvalue weighted by Gasteiger charge is 1.99. The van der Waals surface area contributed by atoms with Crippen molar-refractivity contribution in [3.8, 4) is 0 Å². The maximum Gasteiger partial charge on any atom is 0.130 e. The number of hydrogen-bond acceptors (Lipinski definition) is 0. The van der Waals surface area contributed by atoms with E-state index in [-0.39, 0.29) is 5.82 Å². The molecule has 0 fully saturated rings. The van der Waals surface area contributed by atoms with Gasteiger partial charge in [-0.05, 0) is 18.6 Å². The summed E-state index contributed by atoms with van der Waals surface area (Å²) in [4.78, 5) is 0. The van der Waals surface area contributed by atoms with Gasteiger partial charge in [0.2, 0.25) is 0 Å². The second-order valence-corrected chi connectivity index (χ2v) is 2.49. The highest BCUT2D eigenvalue weighted by atomic mass is 19.1. The second-order valence-electron chi connectivity index (χ2n) is 2.49. The molecule has 1 aromatic carbocycles. The Balaban J connectivity index is 3.03. The minimum absolute atomic E-state index is 0.372. The van der Waals surface area contributed by atoms with Crippen LogP contribution in [0.5, 0.6) is 0 Å². The van der Waals surface area contributed by atoms with E-state index in [4.69, 9.17) is 0 Å². The third-order valence-corrected chi connectivity index (χ3v) is 1.57. The molecule has 1 rings (SSSR count). The Morgan fingerprint density at radius 1 is 1.42 bits per heavy atom. The molecule has 0 unspecified atom stereocenters. The number of alkyl halides is 1. The smallest absolute Gasteiger partial charge is 0.130 e. The first-order valence-electron chi connectivity index (χ1n) is 3.75. The molecule has 0 amide bonds. The zero-order valence-corrected chi connectivity index (χ0v) is 6.85. The van der Waals surface area contributed by atoms with Crippen LogP contribution in [0.4, 0.5) is 8.78 Å².